The van der Waals surface area contributed by atoms with Gasteiger partial charge in [0.15, 0.2) is 0 Å². The van der Waals surface area contributed by atoms with E-state index < -0.39 is 0 Å². The quantitative estimate of drug-likeness (QED) is 0.633. The summed E-state index contributed by atoms with van der Waals surface area (Å²) < 4.78 is 0. The number of hydrogen-bond donors (Lipinski definition) is 2. The van der Waals surface area contributed by atoms with Crippen LogP contribution in [-0.4, -0.2) is 23.9 Å². The molecular weight excluding hydrogens is 236 g/mol. The summed E-state index contributed by atoms with van der Waals surface area (Å²) in [6.07, 6.45) is 10.1. The fourth-order valence-electron chi connectivity index (χ4n) is 3.63. The molecule has 4 nitrogen and oxygen atoms in total. The zero-order chi connectivity index (χ0) is 13.3. The Labute approximate surface area is 114 Å². The molecule has 2 aliphatic rings. The first-order valence-electron chi connectivity index (χ1n) is 7.24. The van der Waals surface area contributed by atoms with Crippen LogP contribution < -0.4 is 10.6 Å². The SMILES string of the molecule is N=C(N)c1cc(N2CCC3(CCCC3)CC2)ccn1. The van der Waals surface area contributed by atoms with Gasteiger partial charge in [0.05, 0.1) is 0 Å². The molecule has 4 heteroatoms. The Bertz CT molecular complexity index is 467. The molecule has 19 heavy (non-hydrogen) atoms. The normalized spacial score (nSPS) is 21.8. The van der Waals surface area contributed by atoms with Crippen molar-refractivity contribution in [1.29, 1.82) is 5.41 Å². The molecule has 0 unspecified atom stereocenters. The first-order valence-corrected chi connectivity index (χ1v) is 7.24. The van der Waals surface area contributed by atoms with Gasteiger partial charge >= 0.3 is 0 Å². The molecule has 3 rings (SSSR count). The number of pyridine rings is 1. The summed E-state index contributed by atoms with van der Waals surface area (Å²) in [6, 6.07) is 3.97. The summed E-state index contributed by atoms with van der Waals surface area (Å²) in [7, 11) is 0. The number of hydrogen-bond acceptors (Lipinski definition) is 3. The van der Waals surface area contributed by atoms with Crippen LogP contribution in [0.1, 0.15) is 44.2 Å². The van der Waals surface area contributed by atoms with Crippen molar-refractivity contribution in [3.05, 3.63) is 24.0 Å². The molecule has 0 bridgehead atoms. The molecule has 2 heterocycles. The molecule has 1 aliphatic heterocycles. The van der Waals surface area contributed by atoms with Crippen molar-refractivity contribution in [1.82, 2.24) is 4.98 Å². The van der Waals surface area contributed by atoms with Crippen LogP contribution >= 0.6 is 0 Å². The molecular formula is C15H22N4. The Hall–Kier alpha value is -1.58. The van der Waals surface area contributed by atoms with Crippen LogP contribution in [-0.2, 0) is 0 Å². The lowest BCUT2D eigenvalue weighted by Gasteiger charge is -2.40. The molecule has 0 aromatic carbocycles. The van der Waals surface area contributed by atoms with E-state index in [2.05, 4.69) is 9.88 Å². The average Bonchev–Trinajstić information content (AvgIpc) is 2.88. The summed E-state index contributed by atoms with van der Waals surface area (Å²) in [6.45, 7) is 2.25. The van der Waals surface area contributed by atoms with Crippen LogP contribution in [0.15, 0.2) is 18.3 Å². The van der Waals surface area contributed by atoms with Gasteiger partial charge < -0.3 is 10.6 Å². The van der Waals surface area contributed by atoms with Crippen LogP contribution in [0.5, 0.6) is 0 Å². The lowest BCUT2D eigenvalue weighted by Crippen LogP contribution is -2.39. The monoisotopic (exact) mass is 258 g/mol. The molecule has 1 spiro atoms. The molecule has 1 aromatic rings. The van der Waals surface area contributed by atoms with Crippen molar-refractivity contribution in [3.8, 4) is 0 Å². The first-order chi connectivity index (χ1) is 9.19. The van der Waals surface area contributed by atoms with E-state index in [1.165, 1.54) is 38.5 Å². The Morgan fingerprint density at radius 3 is 2.53 bits per heavy atom. The van der Waals surface area contributed by atoms with Gasteiger partial charge in [-0.15, -0.1) is 0 Å². The zero-order valence-corrected chi connectivity index (χ0v) is 11.4. The van der Waals surface area contributed by atoms with Crippen molar-refractivity contribution in [3.63, 3.8) is 0 Å². The van der Waals surface area contributed by atoms with E-state index in [0.717, 1.165) is 18.8 Å². The largest absolute Gasteiger partial charge is 0.382 e. The highest BCUT2D eigenvalue weighted by Crippen LogP contribution is 2.46. The highest BCUT2D eigenvalue weighted by atomic mass is 15.1. The van der Waals surface area contributed by atoms with Gasteiger partial charge in [0.1, 0.15) is 11.5 Å². The minimum atomic E-state index is 0.0473. The molecule has 1 aromatic heterocycles. The van der Waals surface area contributed by atoms with Gasteiger partial charge in [-0.3, -0.25) is 10.4 Å². The summed E-state index contributed by atoms with van der Waals surface area (Å²) in [5, 5.41) is 7.47. The minimum absolute atomic E-state index is 0.0473. The highest BCUT2D eigenvalue weighted by Gasteiger charge is 2.36. The third-order valence-electron chi connectivity index (χ3n) is 4.87. The maximum absolute atomic E-state index is 7.47. The van der Waals surface area contributed by atoms with Crippen molar-refractivity contribution >= 4 is 11.5 Å². The second-order valence-corrected chi connectivity index (χ2v) is 6.01. The lowest BCUT2D eigenvalue weighted by atomic mass is 9.77. The number of aromatic nitrogens is 1. The predicted molar refractivity (Wildman–Crippen MR) is 77.6 cm³/mol. The molecule has 1 aliphatic carbocycles. The number of nitrogen functional groups attached to an aromatic ring is 1. The van der Waals surface area contributed by atoms with Gasteiger partial charge in [0, 0.05) is 25.0 Å². The third-order valence-corrected chi connectivity index (χ3v) is 4.87. The van der Waals surface area contributed by atoms with Crippen molar-refractivity contribution in [2.24, 2.45) is 11.1 Å². The van der Waals surface area contributed by atoms with Gasteiger partial charge in [-0.25, -0.2) is 0 Å². The van der Waals surface area contributed by atoms with E-state index in [4.69, 9.17) is 11.1 Å². The third kappa shape index (κ3) is 2.44. The second-order valence-electron chi connectivity index (χ2n) is 6.01. The number of nitrogens with one attached hydrogen (secondary N) is 1. The Kier molecular flexibility index (Phi) is 3.17. The number of anilines is 1. The van der Waals surface area contributed by atoms with Crippen LogP contribution in [0.2, 0.25) is 0 Å². The molecule has 2 fully saturated rings. The molecule has 1 saturated heterocycles. The topological polar surface area (TPSA) is 66.0 Å². The fourth-order valence-corrected chi connectivity index (χ4v) is 3.63. The van der Waals surface area contributed by atoms with E-state index in [1.807, 2.05) is 12.1 Å². The standard InChI is InChI=1S/C15H22N4/c16-14(17)13-11-12(3-8-18-13)19-9-6-15(7-10-19)4-1-2-5-15/h3,8,11H,1-2,4-7,9-10H2,(H3,16,17). The number of amidine groups is 1. The number of rotatable bonds is 2. The maximum atomic E-state index is 7.47. The van der Waals surface area contributed by atoms with Gasteiger partial charge in [0.25, 0.3) is 0 Å². The second kappa shape index (κ2) is 4.83. The summed E-state index contributed by atoms with van der Waals surface area (Å²) in [5.74, 6) is 0.0473. The Balaban J connectivity index is 1.71. The average molecular weight is 258 g/mol. The zero-order valence-electron chi connectivity index (χ0n) is 11.4. The smallest absolute Gasteiger partial charge is 0.141 e. The van der Waals surface area contributed by atoms with E-state index in [9.17, 15) is 0 Å². The number of piperidine rings is 1. The van der Waals surface area contributed by atoms with E-state index in [0.29, 0.717) is 11.1 Å². The van der Waals surface area contributed by atoms with Gasteiger partial charge in [0.2, 0.25) is 0 Å². The predicted octanol–water partition coefficient (Wildman–Crippen LogP) is 2.53. The van der Waals surface area contributed by atoms with Gasteiger partial charge in [-0.2, -0.15) is 0 Å². The Morgan fingerprint density at radius 2 is 1.89 bits per heavy atom. The molecule has 0 atom stereocenters. The van der Waals surface area contributed by atoms with Crippen molar-refractivity contribution < 1.29 is 0 Å². The van der Waals surface area contributed by atoms with Crippen LogP contribution in [0.25, 0.3) is 0 Å². The van der Waals surface area contributed by atoms with Crippen LogP contribution in [0, 0.1) is 10.8 Å². The molecule has 0 amide bonds. The number of nitrogens with two attached hydrogens (primary N) is 1. The van der Waals surface area contributed by atoms with Crippen LogP contribution in [0.4, 0.5) is 5.69 Å². The van der Waals surface area contributed by atoms with Gasteiger partial charge in [-0.1, -0.05) is 12.8 Å². The maximum Gasteiger partial charge on any atom is 0.141 e. The molecule has 1 saturated carbocycles. The number of nitrogens with zero attached hydrogens (tertiary/aromatic N) is 2. The van der Waals surface area contributed by atoms with E-state index in [1.54, 1.807) is 6.20 Å². The minimum Gasteiger partial charge on any atom is -0.382 e. The fraction of sp³-hybridized carbons (Fsp3) is 0.600. The molecule has 102 valence electrons. The van der Waals surface area contributed by atoms with Crippen molar-refractivity contribution in [2.45, 2.75) is 38.5 Å². The Morgan fingerprint density at radius 1 is 1.21 bits per heavy atom. The van der Waals surface area contributed by atoms with Crippen molar-refractivity contribution in [2.75, 3.05) is 18.0 Å². The lowest BCUT2D eigenvalue weighted by molar-refractivity contribution is 0.226. The van der Waals surface area contributed by atoms with Crippen LogP contribution in [0.3, 0.4) is 0 Å². The van der Waals surface area contributed by atoms with E-state index >= 15 is 0 Å². The summed E-state index contributed by atoms with van der Waals surface area (Å²) >= 11 is 0. The van der Waals surface area contributed by atoms with E-state index in [-0.39, 0.29) is 5.84 Å². The highest BCUT2D eigenvalue weighted by molar-refractivity contribution is 5.93. The molecule has 3 N–H and O–H groups in total. The van der Waals surface area contributed by atoms with Gasteiger partial charge in [-0.05, 0) is 43.2 Å². The summed E-state index contributed by atoms with van der Waals surface area (Å²) in [5.41, 5.74) is 7.90. The first kappa shape index (κ1) is 12.5. The molecule has 0 radical (unpaired) electrons. The summed E-state index contributed by atoms with van der Waals surface area (Å²) in [4.78, 5) is 6.54.